The number of hydrogen-bond acceptors (Lipinski definition) is 6. The molecule has 1 aliphatic rings. The normalized spacial score (nSPS) is 17.4. The van der Waals surface area contributed by atoms with Gasteiger partial charge in [-0.2, -0.15) is 0 Å². The summed E-state index contributed by atoms with van der Waals surface area (Å²) in [5.74, 6) is 4.21. The van der Waals surface area contributed by atoms with Gasteiger partial charge in [-0.25, -0.2) is 10.8 Å². The zero-order chi connectivity index (χ0) is 15.8. The molecular formula is C13H17N5O3. The number of aryl methyl sites for hydroxylation is 1. The van der Waals surface area contributed by atoms with Crippen LogP contribution < -0.4 is 16.6 Å². The van der Waals surface area contributed by atoms with Crippen molar-refractivity contribution in [1.29, 1.82) is 0 Å². The molecule has 1 saturated heterocycles. The first-order chi connectivity index (χ1) is 9.75. The molecule has 0 radical (unpaired) electrons. The number of piperazine rings is 1. The van der Waals surface area contributed by atoms with Crippen LogP contribution in [0.1, 0.15) is 29.9 Å². The third-order valence-corrected chi connectivity index (χ3v) is 3.38. The number of aromatic nitrogens is 1. The Kier molecular flexibility index (Phi) is 3.65. The van der Waals surface area contributed by atoms with Crippen LogP contribution in [0.2, 0.25) is 0 Å². The quantitative estimate of drug-likeness (QED) is 0.386. The number of hydrogen-bond donors (Lipinski definition) is 3. The van der Waals surface area contributed by atoms with Gasteiger partial charge in [-0.1, -0.05) is 0 Å². The van der Waals surface area contributed by atoms with Crippen molar-refractivity contribution in [2.24, 2.45) is 5.84 Å². The molecule has 0 saturated carbocycles. The fourth-order valence-corrected chi connectivity index (χ4v) is 2.13. The van der Waals surface area contributed by atoms with Gasteiger partial charge in [0.15, 0.2) is 0 Å². The van der Waals surface area contributed by atoms with Crippen molar-refractivity contribution >= 4 is 23.5 Å². The molecule has 8 nitrogen and oxygen atoms in total. The lowest BCUT2D eigenvalue weighted by Crippen LogP contribution is -2.65. The molecule has 1 aliphatic heterocycles. The van der Waals surface area contributed by atoms with Gasteiger partial charge < -0.3 is 10.3 Å². The molecule has 1 aromatic rings. The van der Waals surface area contributed by atoms with Gasteiger partial charge in [-0.15, -0.1) is 0 Å². The zero-order valence-electron chi connectivity index (χ0n) is 12.1. The number of carbonyl (C=O) groups excluding carboxylic acids is 3. The van der Waals surface area contributed by atoms with E-state index in [9.17, 15) is 14.4 Å². The Morgan fingerprint density at radius 3 is 2.71 bits per heavy atom. The third kappa shape index (κ3) is 2.70. The highest BCUT2D eigenvalue weighted by Crippen LogP contribution is 2.22. The number of rotatable bonds is 2. The first-order valence-electron chi connectivity index (χ1n) is 6.37. The summed E-state index contributed by atoms with van der Waals surface area (Å²) >= 11 is 0. The number of nitrogens with two attached hydrogens (primary N) is 1. The summed E-state index contributed by atoms with van der Waals surface area (Å²) in [6.07, 6.45) is 0. The number of imide groups is 1. The molecule has 21 heavy (non-hydrogen) atoms. The van der Waals surface area contributed by atoms with E-state index in [-0.39, 0.29) is 6.54 Å². The molecular weight excluding hydrogens is 274 g/mol. The Morgan fingerprint density at radius 2 is 2.10 bits per heavy atom. The Bertz CT molecular complexity index is 626. The molecule has 0 spiro atoms. The van der Waals surface area contributed by atoms with E-state index in [0.29, 0.717) is 17.1 Å². The SMILES string of the molecule is Cc1cc(C(=O)N2CC(=O)NC(=O)C2(C)C)cc(NN)n1. The fraction of sp³-hybridized carbons (Fsp3) is 0.385. The summed E-state index contributed by atoms with van der Waals surface area (Å²) in [6.45, 7) is 4.72. The Labute approximate surface area is 121 Å². The molecule has 4 N–H and O–H groups in total. The van der Waals surface area contributed by atoms with Crippen molar-refractivity contribution < 1.29 is 14.4 Å². The van der Waals surface area contributed by atoms with E-state index >= 15 is 0 Å². The van der Waals surface area contributed by atoms with Gasteiger partial charge in [0.1, 0.15) is 17.9 Å². The van der Waals surface area contributed by atoms with Crippen LogP contribution in [0.5, 0.6) is 0 Å². The van der Waals surface area contributed by atoms with Crippen LogP contribution in [0.25, 0.3) is 0 Å². The van der Waals surface area contributed by atoms with Crippen LogP contribution in [-0.2, 0) is 9.59 Å². The molecule has 112 valence electrons. The van der Waals surface area contributed by atoms with E-state index in [1.807, 2.05) is 0 Å². The summed E-state index contributed by atoms with van der Waals surface area (Å²) in [6, 6.07) is 3.05. The van der Waals surface area contributed by atoms with E-state index < -0.39 is 23.3 Å². The van der Waals surface area contributed by atoms with Crippen LogP contribution in [0, 0.1) is 6.92 Å². The third-order valence-electron chi connectivity index (χ3n) is 3.38. The lowest BCUT2D eigenvalue weighted by atomic mass is 9.97. The van der Waals surface area contributed by atoms with Crippen molar-refractivity contribution in [2.45, 2.75) is 26.3 Å². The topological polar surface area (TPSA) is 117 Å². The molecule has 2 heterocycles. The highest BCUT2D eigenvalue weighted by Gasteiger charge is 2.43. The number of carbonyl (C=O) groups is 3. The zero-order valence-corrected chi connectivity index (χ0v) is 12.1. The van der Waals surface area contributed by atoms with Gasteiger partial charge in [0.25, 0.3) is 11.8 Å². The minimum Gasteiger partial charge on any atom is -0.315 e. The maximum Gasteiger partial charge on any atom is 0.255 e. The standard InChI is InChI=1S/C13H17N5O3/c1-7-4-8(5-9(15-7)17-14)11(20)18-6-10(19)16-12(21)13(18,2)3/h4-5H,6,14H2,1-3H3,(H,15,17)(H,16,19,21). The number of amides is 3. The van der Waals surface area contributed by atoms with Gasteiger partial charge in [-0.3, -0.25) is 19.7 Å². The number of anilines is 1. The predicted molar refractivity (Wildman–Crippen MR) is 75.0 cm³/mol. The summed E-state index contributed by atoms with van der Waals surface area (Å²) in [5.41, 5.74) is 2.17. The monoisotopic (exact) mass is 291 g/mol. The average Bonchev–Trinajstić information content (AvgIpc) is 2.41. The van der Waals surface area contributed by atoms with E-state index in [0.717, 1.165) is 0 Å². The lowest BCUT2D eigenvalue weighted by Gasteiger charge is -2.40. The number of nitrogens with one attached hydrogen (secondary N) is 2. The van der Waals surface area contributed by atoms with Gasteiger partial charge in [0.2, 0.25) is 5.91 Å². The predicted octanol–water partition coefficient (Wildman–Crippen LogP) is -0.447. The molecule has 0 aliphatic carbocycles. The minimum atomic E-state index is -1.11. The average molecular weight is 291 g/mol. The van der Waals surface area contributed by atoms with Gasteiger partial charge >= 0.3 is 0 Å². The van der Waals surface area contributed by atoms with Crippen LogP contribution in [0.4, 0.5) is 5.82 Å². The Morgan fingerprint density at radius 1 is 1.43 bits per heavy atom. The van der Waals surface area contributed by atoms with Crippen LogP contribution in [0.3, 0.4) is 0 Å². The van der Waals surface area contributed by atoms with E-state index in [4.69, 9.17) is 5.84 Å². The minimum absolute atomic E-state index is 0.176. The number of nitrogen functional groups attached to an aromatic ring is 1. The lowest BCUT2D eigenvalue weighted by molar-refractivity contribution is -0.143. The fourth-order valence-electron chi connectivity index (χ4n) is 2.13. The second kappa shape index (κ2) is 5.13. The van der Waals surface area contributed by atoms with Gasteiger partial charge in [-0.05, 0) is 32.9 Å². The molecule has 0 atom stereocenters. The first-order valence-corrected chi connectivity index (χ1v) is 6.37. The van der Waals surface area contributed by atoms with Crippen molar-refractivity contribution in [3.63, 3.8) is 0 Å². The molecule has 0 bridgehead atoms. The molecule has 1 aromatic heterocycles. The van der Waals surface area contributed by atoms with Crippen LogP contribution in [-0.4, -0.2) is 39.7 Å². The van der Waals surface area contributed by atoms with E-state index in [1.54, 1.807) is 26.8 Å². The highest BCUT2D eigenvalue weighted by molar-refractivity contribution is 6.09. The van der Waals surface area contributed by atoms with Gasteiger partial charge in [0, 0.05) is 11.3 Å². The van der Waals surface area contributed by atoms with Crippen molar-refractivity contribution in [3.8, 4) is 0 Å². The summed E-state index contributed by atoms with van der Waals surface area (Å²) < 4.78 is 0. The number of pyridine rings is 1. The summed E-state index contributed by atoms with van der Waals surface area (Å²) in [5, 5.41) is 2.22. The first kappa shape index (κ1) is 14.9. The molecule has 8 heteroatoms. The van der Waals surface area contributed by atoms with Crippen molar-refractivity contribution in [3.05, 3.63) is 23.4 Å². The highest BCUT2D eigenvalue weighted by atomic mass is 16.2. The van der Waals surface area contributed by atoms with E-state index in [1.165, 1.54) is 11.0 Å². The molecule has 0 unspecified atom stereocenters. The molecule has 2 rings (SSSR count). The maximum absolute atomic E-state index is 12.6. The van der Waals surface area contributed by atoms with Crippen molar-refractivity contribution in [2.75, 3.05) is 12.0 Å². The number of hydrazine groups is 1. The second-order valence-corrected chi connectivity index (χ2v) is 5.35. The Hall–Kier alpha value is -2.48. The maximum atomic E-state index is 12.6. The van der Waals surface area contributed by atoms with Crippen LogP contribution in [0.15, 0.2) is 12.1 Å². The molecule has 0 aromatic carbocycles. The Balaban J connectivity index is 2.40. The second-order valence-electron chi connectivity index (χ2n) is 5.35. The molecule has 3 amide bonds. The van der Waals surface area contributed by atoms with Gasteiger partial charge in [0.05, 0.1) is 0 Å². The van der Waals surface area contributed by atoms with E-state index in [2.05, 4.69) is 15.7 Å². The van der Waals surface area contributed by atoms with Crippen molar-refractivity contribution in [1.82, 2.24) is 15.2 Å². The summed E-state index contributed by atoms with van der Waals surface area (Å²) in [4.78, 5) is 41.4. The molecule has 1 fully saturated rings. The largest absolute Gasteiger partial charge is 0.315 e. The smallest absolute Gasteiger partial charge is 0.255 e. The summed E-state index contributed by atoms with van der Waals surface area (Å²) in [7, 11) is 0. The number of nitrogens with zero attached hydrogens (tertiary/aromatic N) is 2. The van der Waals surface area contributed by atoms with Crippen LogP contribution >= 0.6 is 0 Å².